The summed E-state index contributed by atoms with van der Waals surface area (Å²) in [5.41, 5.74) is 2.89. The van der Waals surface area contributed by atoms with E-state index in [1.807, 2.05) is 31.4 Å². The van der Waals surface area contributed by atoms with E-state index in [0.717, 1.165) is 22.2 Å². The maximum atomic E-state index is 4.55. The van der Waals surface area contributed by atoms with Gasteiger partial charge in [-0.15, -0.1) is 22.7 Å². The normalized spacial score (nSPS) is 10.6. The van der Waals surface area contributed by atoms with E-state index >= 15 is 0 Å². The minimum absolute atomic E-state index is 0.601. The molecule has 0 radical (unpaired) electrons. The smallest absolute Gasteiger partial charge is 0.229 e. The van der Waals surface area contributed by atoms with Crippen molar-refractivity contribution in [3.63, 3.8) is 0 Å². The van der Waals surface area contributed by atoms with Gasteiger partial charge < -0.3 is 5.32 Å². The maximum Gasteiger partial charge on any atom is 0.229 e. The molecule has 3 heterocycles. The standard InChI is InChI=1S/C13H12N4S2/c1-8-6-9(2)15-12(14-8)17-13-16-10(7-19-13)11-4-3-5-18-11/h3-7H,1-2H3,(H,14,15,16,17). The fourth-order valence-corrected chi connectivity index (χ4v) is 3.21. The summed E-state index contributed by atoms with van der Waals surface area (Å²) in [5.74, 6) is 0.601. The predicted molar refractivity (Wildman–Crippen MR) is 80.2 cm³/mol. The Morgan fingerprint density at radius 2 is 1.84 bits per heavy atom. The fourth-order valence-electron chi connectivity index (χ4n) is 1.75. The van der Waals surface area contributed by atoms with Crippen molar-refractivity contribution in [1.82, 2.24) is 15.0 Å². The van der Waals surface area contributed by atoms with E-state index in [2.05, 4.69) is 31.7 Å². The van der Waals surface area contributed by atoms with Crippen LogP contribution in [0.25, 0.3) is 10.6 Å². The molecule has 0 atom stereocenters. The lowest BCUT2D eigenvalue weighted by atomic mass is 10.4. The molecule has 19 heavy (non-hydrogen) atoms. The number of rotatable bonds is 3. The molecule has 0 fully saturated rings. The van der Waals surface area contributed by atoms with E-state index in [0.29, 0.717) is 5.95 Å². The second kappa shape index (κ2) is 5.07. The molecule has 0 saturated heterocycles. The average molecular weight is 288 g/mol. The quantitative estimate of drug-likeness (QED) is 0.790. The van der Waals surface area contributed by atoms with Gasteiger partial charge in [0.05, 0.1) is 10.6 Å². The second-order valence-corrected chi connectivity index (χ2v) is 5.92. The molecule has 3 aromatic rings. The van der Waals surface area contributed by atoms with E-state index in [1.165, 1.54) is 4.88 Å². The highest BCUT2D eigenvalue weighted by atomic mass is 32.1. The highest BCUT2D eigenvalue weighted by Gasteiger charge is 2.07. The van der Waals surface area contributed by atoms with Crippen molar-refractivity contribution in [3.05, 3.63) is 40.3 Å². The first-order valence-electron chi connectivity index (χ1n) is 5.79. The third-order valence-electron chi connectivity index (χ3n) is 2.48. The third-order valence-corrected chi connectivity index (χ3v) is 4.13. The van der Waals surface area contributed by atoms with Crippen molar-refractivity contribution in [2.45, 2.75) is 13.8 Å². The molecule has 3 aromatic heterocycles. The van der Waals surface area contributed by atoms with Crippen molar-refractivity contribution in [1.29, 1.82) is 0 Å². The largest absolute Gasteiger partial charge is 0.300 e. The number of thiazole rings is 1. The van der Waals surface area contributed by atoms with E-state index in [9.17, 15) is 0 Å². The number of nitrogens with one attached hydrogen (secondary N) is 1. The Labute approximate surface area is 119 Å². The Hall–Kier alpha value is -1.79. The van der Waals surface area contributed by atoms with Crippen molar-refractivity contribution in [3.8, 4) is 10.6 Å². The summed E-state index contributed by atoms with van der Waals surface area (Å²) in [4.78, 5) is 14.4. The van der Waals surface area contributed by atoms with Gasteiger partial charge in [-0.05, 0) is 31.4 Å². The van der Waals surface area contributed by atoms with Gasteiger partial charge in [0, 0.05) is 16.8 Å². The highest BCUT2D eigenvalue weighted by molar-refractivity contribution is 7.16. The second-order valence-electron chi connectivity index (χ2n) is 4.11. The lowest BCUT2D eigenvalue weighted by molar-refractivity contribution is 1.06. The highest BCUT2D eigenvalue weighted by Crippen LogP contribution is 2.29. The fraction of sp³-hybridized carbons (Fsp3) is 0.154. The summed E-state index contributed by atoms with van der Waals surface area (Å²) < 4.78 is 0. The number of anilines is 2. The molecule has 4 nitrogen and oxygen atoms in total. The molecule has 0 saturated carbocycles. The van der Waals surface area contributed by atoms with Gasteiger partial charge in [-0.2, -0.15) is 0 Å². The third kappa shape index (κ3) is 2.80. The molecule has 1 N–H and O–H groups in total. The predicted octanol–water partition coefficient (Wildman–Crippen LogP) is 4.02. The molecule has 0 amide bonds. The zero-order chi connectivity index (χ0) is 13.2. The zero-order valence-corrected chi connectivity index (χ0v) is 12.2. The lowest BCUT2D eigenvalue weighted by Crippen LogP contribution is -1.99. The summed E-state index contributed by atoms with van der Waals surface area (Å²) in [6, 6.07) is 6.04. The van der Waals surface area contributed by atoms with Crippen LogP contribution in [-0.4, -0.2) is 15.0 Å². The Morgan fingerprint density at radius 1 is 1.05 bits per heavy atom. The minimum atomic E-state index is 0.601. The van der Waals surface area contributed by atoms with E-state index in [4.69, 9.17) is 0 Å². The Morgan fingerprint density at radius 3 is 2.53 bits per heavy atom. The van der Waals surface area contributed by atoms with Gasteiger partial charge in [-0.3, -0.25) is 0 Å². The first kappa shape index (κ1) is 12.3. The summed E-state index contributed by atoms with van der Waals surface area (Å²) in [6.45, 7) is 3.91. The van der Waals surface area contributed by atoms with Crippen molar-refractivity contribution >= 4 is 33.8 Å². The molecular formula is C13H12N4S2. The average Bonchev–Trinajstić information content (AvgIpc) is 2.96. The van der Waals surface area contributed by atoms with Crippen LogP contribution < -0.4 is 5.32 Å². The number of aromatic nitrogens is 3. The van der Waals surface area contributed by atoms with Gasteiger partial charge in [-0.25, -0.2) is 15.0 Å². The molecule has 3 rings (SSSR count). The van der Waals surface area contributed by atoms with Gasteiger partial charge in [0.1, 0.15) is 0 Å². The van der Waals surface area contributed by atoms with Gasteiger partial charge >= 0.3 is 0 Å². The topological polar surface area (TPSA) is 50.7 Å². The molecular weight excluding hydrogens is 276 g/mol. The van der Waals surface area contributed by atoms with E-state index in [1.54, 1.807) is 22.7 Å². The van der Waals surface area contributed by atoms with E-state index in [-0.39, 0.29) is 0 Å². The molecule has 96 valence electrons. The van der Waals surface area contributed by atoms with E-state index < -0.39 is 0 Å². The Balaban J connectivity index is 1.84. The summed E-state index contributed by atoms with van der Waals surface area (Å²) in [6.07, 6.45) is 0. The Bertz CT molecular complexity index is 668. The first-order chi connectivity index (χ1) is 9.20. The number of nitrogens with zero attached hydrogens (tertiary/aromatic N) is 3. The van der Waals surface area contributed by atoms with Crippen LogP contribution in [0.1, 0.15) is 11.4 Å². The van der Waals surface area contributed by atoms with Crippen LogP contribution in [0.2, 0.25) is 0 Å². The molecule has 0 aliphatic heterocycles. The molecule has 0 unspecified atom stereocenters. The molecule has 0 aliphatic carbocycles. The number of hydrogen-bond acceptors (Lipinski definition) is 6. The molecule has 0 aromatic carbocycles. The van der Waals surface area contributed by atoms with Gasteiger partial charge in [0.15, 0.2) is 5.13 Å². The van der Waals surface area contributed by atoms with Gasteiger partial charge in [0.25, 0.3) is 0 Å². The monoisotopic (exact) mass is 288 g/mol. The minimum Gasteiger partial charge on any atom is -0.300 e. The van der Waals surface area contributed by atoms with Crippen LogP contribution in [0.3, 0.4) is 0 Å². The molecule has 0 aliphatic rings. The Kier molecular flexibility index (Phi) is 3.27. The zero-order valence-electron chi connectivity index (χ0n) is 10.5. The number of thiophene rings is 1. The number of hydrogen-bond donors (Lipinski definition) is 1. The van der Waals surface area contributed by atoms with Gasteiger partial charge in [-0.1, -0.05) is 6.07 Å². The summed E-state index contributed by atoms with van der Waals surface area (Å²) in [7, 11) is 0. The number of aryl methyl sites for hydroxylation is 2. The maximum absolute atomic E-state index is 4.55. The molecule has 0 bridgehead atoms. The van der Waals surface area contributed by atoms with Crippen LogP contribution in [0.4, 0.5) is 11.1 Å². The first-order valence-corrected chi connectivity index (χ1v) is 7.55. The summed E-state index contributed by atoms with van der Waals surface area (Å²) >= 11 is 3.24. The van der Waals surface area contributed by atoms with Crippen molar-refractivity contribution in [2.24, 2.45) is 0 Å². The van der Waals surface area contributed by atoms with Crippen LogP contribution in [0, 0.1) is 13.8 Å². The van der Waals surface area contributed by atoms with Crippen molar-refractivity contribution < 1.29 is 0 Å². The molecule has 0 spiro atoms. The molecule has 6 heteroatoms. The summed E-state index contributed by atoms with van der Waals surface area (Å²) in [5, 5.41) is 8.06. The lowest BCUT2D eigenvalue weighted by Gasteiger charge is -2.02. The van der Waals surface area contributed by atoms with Crippen molar-refractivity contribution in [2.75, 3.05) is 5.32 Å². The van der Waals surface area contributed by atoms with Crippen LogP contribution in [0.15, 0.2) is 29.0 Å². The SMILES string of the molecule is Cc1cc(C)nc(Nc2nc(-c3cccs3)cs2)n1. The van der Waals surface area contributed by atoms with Crippen LogP contribution in [-0.2, 0) is 0 Å². The van der Waals surface area contributed by atoms with Crippen LogP contribution >= 0.6 is 22.7 Å². The van der Waals surface area contributed by atoms with Gasteiger partial charge in [0.2, 0.25) is 5.95 Å². The van der Waals surface area contributed by atoms with Crippen LogP contribution in [0.5, 0.6) is 0 Å².